The zero-order valence-corrected chi connectivity index (χ0v) is 16.7. The van der Waals surface area contributed by atoms with Crippen molar-refractivity contribution in [3.05, 3.63) is 58.1 Å². The standard InChI is InChI=1S/C20H20N6O6/c21-15-7-14-17(19(30)26-15)24-12(9-23-14)8-22-11-3-1-10(2-4-11)18(29)25-13(20(31)32)5-6-16(27)28/h1-4,7,9,13,22H,5-6,8H2,(H,25,29)(H,27,28)(H,31,32)(H3,21,26,30)/t13-/m0/s1. The topological polar surface area (TPSA) is 200 Å². The van der Waals surface area contributed by atoms with Gasteiger partial charge in [0.2, 0.25) is 0 Å². The van der Waals surface area contributed by atoms with Crippen molar-refractivity contribution in [1.82, 2.24) is 20.3 Å². The normalized spacial score (nSPS) is 11.6. The molecule has 2 heterocycles. The van der Waals surface area contributed by atoms with E-state index >= 15 is 0 Å². The number of benzene rings is 1. The molecule has 0 bridgehead atoms. The van der Waals surface area contributed by atoms with E-state index < -0.39 is 29.4 Å². The Morgan fingerprint density at radius 3 is 2.53 bits per heavy atom. The van der Waals surface area contributed by atoms with Crippen molar-refractivity contribution in [3.8, 4) is 0 Å². The molecular formula is C20H20N6O6. The maximum absolute atomic E-state index is 12.3. The van der Waals surface area contributed by atoms with E-state index in [0.29, 0.717) is 16.9 Å². The van der Waals surface area contributed by atoms with Crippen molar-refractivity contribution in [1.29, 1.82) is 0 Å². The molecular weight excluding hydrogens is 420 g/mol. The lowest BCUT2D eigenvalue weighted by atomic mass is 10.1. The summed E-state index contributed by atoms with van der Waals surface area (Å²) in [4.78, 5) is 57.0. The molecule has 3 rings (SSSR count). The number of aromatic amines is 1. The fourth-order valence-electron chi connectivity index (χ4n) is 2.87. The van der Waals surface area contributed by atoms with E-state index in [0.717, 1.165) is 0 Å². The second kappa shape index (κ2) is 9.55. The Morgan fingerprint density at radius 2 is 1.88 bits per heavy atom. The average molecular weight is 440 g/mol. The van der Waals surface area contributed by atoms with Gasteiger partial charge >= 0.3 is 11.9 Å². The van der Waals surface area contributed by atoms with Gasteiger partial charge in [0.15, 0.2) is 5.52 Å². The molecule has 0 radical (unpaired) electrons. The predicted molar refractivity (Wildman–Crippen MR) is 114 cm³/mol. The van der Waals surface area contributed by atoms with E-state index in [1.54, 1.807) is 12.1 Å². The largest absolute Gasteiger partial charge is 0.481 e. The molecule has 166 valence electrons. The number of nitrogen functional groups attached to an aromatic ring is 1. The summed E-state index contributed by atoms with van der Waals surface area (Å²) in [5.41, 5.74) is 7.07. The maximum atomic E-state index is 12.3. The number of carboxylic acids is 2. The van der Waals surface area contributed by atoms with Gasteiger partial charge < -0.3 is 31.6 Å². The molecule has 1 aromatic carbocycles. The van der Waals surface area contributed by atoms with Crippen molar-refractivity contribution in [2.75, 3.05) is 11.1 Å². The minimum absolute atomic E-state index is 0.168. The lowest BCUT2D eigenvalue weighted by Gasteiger charge is -2.14. The van der Waals surface area contributed by atoms with Crippen molar-refractivity contribution >= 4 is 40.4 Å². The van der Waals surface area contributed by atoms with Gasteiger partial charge in [-0.15, -0.1) is 0 Å². The summed E-state index contributed by atoms with van der Waals surface area (Å²) in [5, 5.41) is 23.2. The van der Waals surface area contributed by atoms with Crippen LogP contribution in [0.2, 0.25) is 0 Å². The van der Waals surface area contributed by atoms with Gasteiger partial charge in [-0.2, -0.15) is 0 Å². The molecule has 1 amide bonds. The number of carbonyl (C=O) groups is 3. The summed E-state index contributed by atoms with van der Waals surface area (Å²) in [6.07, 6.45) is 0.911. The molecule has 1 atom stereocenters. The number of pyridine rings is 1. The third-order valence-corrected chi connectivity index (χ3v) is 4.49. The van der Waals surface area contributed by atoms with Crippen LogP contribution in [0.25, 0.3) is 11.0 Å². The van der Waals surface area contributed by atoms with E-state index in [1.807, 2.05) is 0 Å². The fourth-order valence-corrected chi connectivity index (χ4v) is 2.87. The van der Waals surface area contributed by atoms with E-state index in [2.05, 4.69) is 25.6 Å². The first-order valence-electron chi connectivity index (χ1n) is 9.47. The first-order chi connectivity index (χ1) is 15.2. The summed E-state index contributed by atoms with van der Waals surface area (Å²) in [6, 6.07) is 6.43. The highest BCUT2D eigenvalue weighted by Gasteiger charge is 2.21. The minimum Gasteiger partial charge on any atom is -0.481 e. The van der Waals surface area contributed by atoms with Gasteiger partial charge in [0.05, 0.1) is 24.0 Å². The van der Waals surface area contributed by atoms with Crippen LogP contribution in [-0.2, 0) is 16.1 Å². The quantitative estimate of drug-likeness (QED) is 0.273. The first-order valence-corrected chi connectivity index (χ1v) is 9.47. The van der Waals surface area contributed by atoms with Crippen molar-refractivity contribution in [2.45, 2.75) is 25.4 Å². The van der Waals surface area contributed by atoms with Crippen LogP contribution in [0.3, 0.4) is 0 Å². The maximum Gasteiger partial charge on any atom is 0.326 e. The molecule has 2 aromatic heterocycles. The van der Waals surface area contributed by atoms with Gasteiger partial charge in [0.25, 0.3) is 11.5 Å². The van der Waals surface area contributed by atoms with Gasteiger partial charge in [-0.3, -0.25) is 19.4 Å². The lowest BCUT2D eigenvalue weighted by molar-refractivity contribution is -0.140. The molecule has 0 aliphatic rings. The van der Waals surface area contributed by atoms with E-state index in [9.17, 15) is 19.2 Å². The van der Waals surface area contributed by atoms with E-state index in [4.69, 9.17) is 15.9 Å². The van der Waals surface area contributed by atoms with Crippen LogP contribution >= 0.6 is 0 Å². The summed E-state index contributed by atoms with van der Waals surface area (Å²) in [6.45, 7) is 0.259. The number of hydrogen-bond acceptors (Lipinski definition) is 8. The van der Waals surface area contributed by atoms with Crippen molar-refractivity contribution in [2.24, 2.45) is 0 Å². The second-order valence-electron chi connectivity index (χ2n) is 6.88. The van der Waals surface area contributed by atoms with E-state index in [-0.39, 0.29) is 36.3 Å². The summed E-state index contributed by atoms with van der Waals surface area (Å²) in [7, 11) is 0. The molecule has 12 nitrogen and oxygen atoms in total. The Kier molecular flexibility index (Phi) is 6.63. The number of hydrogen-bond donors (Lipinski definition) is 6. The number of aromatic nitrogens is 3. The molecule has 0 spiro atoms. The SMILES string of the molecule is Nc1cc2ncc(CNc3ccc(C(=O)N[C@@H](CCC(=O)O)C(=O)O)cc3)nc2c(=O)[nH]1. The number of H-pyrrole nitrogens is 1. The minimum atomic E-state index is -1.31. The van der Waals surface area contributed by atoms with Gasteiger partial charge in [-0.1, -0.05) is 0 Å². The van der Waals surface area contributed by atoms with Crippen LogP contribution in [0.1, 0.15) is 28.9 Å². The number of amides is 1. The number of rotatable bonds is 9. The second-order valence-corrected chi connectivity index (χ2v) is 6.88. The number of aliphatic carboxylic acids is 2. The molecule has 0 fully saturated rings. The van der Waals surface area contributed by atoms with E-state index in [1.165, 1.54) is 24.4 Å². The molecule has 3 aromatic rings. The van der Waals surface area contributed by atoms with Crippen LogP contribution in [0.5, 0.6) is 0 Å². The summed E-state index contributed by atoms with van der Waals surface area (Å²) < 4.78 is 0. The first kappa shape index (κ1) is 22.2. The number of anilines is 2. The summed E-state index contributed by atoms with van der Waals surface area (Å²) >= 11 is 0. The highest BCUT2D eigenvalue weighted by Crippen LogP contribution is 2.13. The fraction of sp³-hybridized carbons (Fsp3) is 0.200. The third kappa shape index (κ3) is 5.56. The molecule has 0 saturated heterocycles. The number of nitrogens with zero attached hydrogens (tertiary/aromatic N) is 2. The zero-order valence-electron chi connectivity index (χ0n) is 16.7. The number of nitrogens with two attached hydrogens (primary N) is 1. The van der Waals surface area contributed by atoms with Gasteiger partial charge in [0, 0.05) is 23.7 Å². The van der Waals surface area contributed by atoms with Crippen molar-refractivity contribution in [3.63, 3.8) is 0 Å². The lowest BCUT2D eigenvalue weighted by Crippen LogP contribution is -2.41. The Hall–Kier alpha value is -4.48. The average Bonchev–Trinajstić information content (AvgIpc) is 2.75. The molecule has 12 heteroatoms. The molecule has 0 unspecified atom stereocenters. The monoisotopic (exact) mass is 440 g/mol. The Morgan fingerprint density at radius 1 is 1.16 bits per heavy atom. The molecule has 32 heavy (non-hydrogen) atoms. The van der Waals surface area contributed by atoms with Crippen LogP contribution in [-0.4, -0.2) is 49.1 Å². The molecule has 0 aliphatic heterocycles. The molecule has 0 aliphatic carbocycles. The highest BCUT2D eigenvalue weighted by molar-refractivity contribution is 5.96. The Labute approximate surface area is 180 Å². The predicted octanol–water partition coefficient (Wildman–Crippen LogP) is 0.560. The number of carbonyl (C=O) groups excluding carboxylic acids is 1. The number of fused-ring (bicyclic) bond motifs is 1. The highest BCUT2D eigenvalue weighted by atomic mass is 16.4. The number of carboxylic acid groups (broad SMARTS) is 2. The Bertz CT molecular complexity index is 1220. The summed E-state index contributed by atoms with van der Waals surface area (Å²) in [5.74, 6) is -2.89. The van der Waals surface area contributed by atoms with Gasteiger partial charge in [-0.05, 0) is 30.7 Å². The van der Waals surface area contributed by atoms with Crippen LogP contribution in [0.4, 0.5) is 11.5 Å². The zero-order chi connectivity index (χ0) is 23.3. The van der Waals surface area contributed by atoms with Gasteiger partial charge in [-0.25, -0.2) is 9.78 Å². The van der Waals surface area contributed by atoms with Crippen LogP contribution < -0.4 is 21.9 Å². The van der Waals surface area contributed by atoms with Crippen LogP contribution in [0, 0.1) is 0 Å². The molecule has 0 saturated carbocycles. The van der Waals surface area contributed by atoms with Crippen LogP contribution in [0.15, 0.2) is 41.3 Å². The number of nitrogens with one attached hydrogen (secondary N) is 3. The molecule has 7 N–H and O–H groups in total. The van der Waals surface area contributed by atoms with Gasteiger partial charge in [0.1, 0.15) is 11.9 Å². The van der Waals surface area contributed by atoms with Crippen molar-refractivity contribution < 1.29 is 24.6 Å². The Balaban J connectivity index is 1.62. The smallest absolute Gasteiger partial charge is 0.326 e. The third-order valence-electron chi connectivity index (χ3n) is 4.49.